The highest BCUT2D eigenvalue weighted by atomic mass is 15.3. The van der Waals surface area contributed by atoms with Crippen molar-refractivity contribution in [1.82, 2.24) is 19.7 Å². The third-order valence-electron chi connectivity index (χ3n) is 1.80. The van der Waals surface area contributed by atoms with E-state index in [2.05, 4.69) is 36.0 Å². The molecule has 0 bridgehead atoms. The summed E-state index contributed by atoms with van der Waals surface area (Å²) in [6.45, 7) is 3.05. The first kappa shape index (κ1) is 8.20. The molecule has 1 unspecified atom stereocenters. The van der Waals surface area contributed by atoms with Crippen LogP contribution in [0.15, 0.2) is 12.7 Å². The summed E-state index contributed by atoms with van der Waals surface area (Å²) in [4.78, 5) is 6.02. The van der Waals surface area contributed by atoms with E-state index in [-0.39, 0.29) is 0 Å². The van der Waals surface area contributed by atoms with Crippen molar-refractivity contribution < 1.29 is 0 Å². The minimum atomic E-state index is 0.497. The molecule has 0 aliphatic carbocycles. The van der Waals surface area contributed by atoms with Crippen LogP contribution in [0.2, 0.25) is 0 Å². The lowest BCUT2D eigenvalue weighted by atomic mass is 10.3. The third-order valence-corrected chi connectivity index (χ3v) is 1.80. The standard InChI is InChI=1S/C7H14N4/c1-7(10(2)3)4-11-6-8-5-9-11/h5-7H,4H2,1-3H3. The van der Waals surface area contributed by atoms with Gasteiger partial charge in [0.2, 0.25) is 0 Å². The average Bonchev–Trinajstić information content (AvgIpc) is 2.39. The molecule has 0 saturated carbocycles. The monoisotopic (exact) mass is 154 g/mol. The first-order valence-corrected chi connectivity index (χ1v) is 3.69. The molecular weight excluding hydrogens is 140 g/mol. The summed E-state index contributed by atoms with van der Waals surface area (Å²) in [6, 6.07) is 0.497. The van der Waals surface area contributed by atoms with Crippen LogP contribution in [0.25, 0.3) is 0 Å². The highest BCUT2D eigenvalue weighted by molar-refractivity contribution is 4.63. The number of nitrogens with zero attached hydrogens (tertiary/aromatic N) is 4. The fourth-order valence-corrected chi connectivity index (χ4v) is 0.761. The van der Waals surface area contributed by atoms with Crippen molar-refractivity contribution in [3.05, 3.63) is 12.7 Å². The largest absolute Gasteiger partial charge is 0.305 e. The van der Waals surface area contributed by atoms with Crippen LogP contribution in [0.4, 0.5) is 0 Å². The molecular formula is C7H14N4. The number of rotatable bonds is 3. The van der Waals surface area contributed by atoms with Crippen LogP contribution >= 0.6 is 0 Å². The summed E-state index contributed by atoms with van der Waals surface area (Å²) >= 11 is 0. The molecule has 4 nitrogen and oxygen atoms in total. The zero-order chi connectivity index (χ0) is 8.27. The van der Waals surface area contributed by atoms with Crippen LogP contribution < -0.4 is 0 Å². The quantitative estimate of drug-likeness (QED) is 0.625. The van der Waals surface area contributed by atoms with Crippen molar-refractivity contribution in [2.45, 2.75) is 19.5 Å². The maximum atomic E-state index is 4.02. The molecule has 0 radical (unpaired) electrons. The summed E-state index contributed by atoms with van der Waals surface area (Å²) in [6.07, 6.45) is 3.29. The van der Waals surface area contributed by atoms with Crippen molar-refractivity contribution in [2.75, 3.05) is 14.1 Å². The van der Waals surface area contributed by atoms with Crippen LogP contribution in [-0.4, -0.2) is 39.8 Å². The Balaban J connectivity index is 2.43. The van der Waals surface area contributed by atoms with Gasteiger partial charge in [0.1, 0.15) is 12.7 Å². The van der Waals surface area contributed by atoms with Crippen molar-refractivity contribution >= 4 is 0 Å². The molecule has 0 aliphatic heterocycles. The number of aromatic nitrogens is 3. The van der Waals surface area contributed by atoms with E-state index in [1.165, 1.54) is 0 Å². The molecule has 0 amide bonds. The highest BCUT2D eigenvalue weighted by Gasteiger charge is 2.04. The van der Waals surface area contributed by atoms with Crippen molar-refractivity contribution in [1.29, 1.82) is 0 Å². The molecule has 1 atom stereocenters. The third kappa shape index (κ3) is 2.31. The van der Waals surface area contributed by atoms with Gasteiger partial charge in [-0.3, -0.25) is 4.68 Å². The van der Waals surface area contributed by atoms with Crippen LogP contribution in [0.1, 0.15) is 6.92 Å². The van der Waals surface area contributed by atoms with Gasteiger partial charge in [-0.05, 0) is 21.0 Å². The van der Waals surface area contributed by atoms with Gasteiger partial charge in [0.05, 0.1) is 6.54 Å². The lowest BCUT2D eigenvalue weighted by Crippen LogP contribution is -2.29. The summed E-state index contributed by atoms with van der Waals surface area (Å²) in [5.74, 6) is 0. The van der Waals surface area contributed by atoms with E-state index in [0.717, 1.165) is 6.54 Å². The van der Waals surface area contributed by atoms with E-state index in [4.69, 9.17) is 0 Å². The number of hydrogen-bond donors (Lipinski definition) is 0. The second-order valence-electron chi connectivity index (χ2n) is 2.93. The molecule has 0 N–H and O–H groups in total. The molecule has 1 rings (SSSR count). The minimum absolute atomic E-state index is 0.497. The molecule has 4 heteroatoms. The predicted octanol–water partition coefficient (Wildman–Crippen LogP) is 0.228. The van der Waals surface area contributed by atoms with Crippen LogP contribution in [0, 0.1) is 0 Å². The van der Waals surface area contributed by atoms with Gasteiger partial charge in [-0.15, -0.1) is 0 Å². The first-order chi connectivity index (χ1) is 5.20. The molecule has 1 heterocycles. The summed E-state index contributed by atoms with van der Waals surface area (Å²) in [5.41, 5.74) is 0. The molecule has 62 valence electrons. The van der Waals surface area contributed by atoms with Crippen LogP contribution in [0.5, 0.6) is 0 Å². The van der Waals surface area contributed by atoms with Crippen molar-refractivity contribution in [3.8, 4) is 0 Å². The maximum Gasteiger partial charge on any atom is 0.137 e. The Morgan fingerprint density at radius 1 is 1.55 bits per heavy atom. The molecule has 1 aromatic rings. The first-order valence-electron chi connectivity index (χ1n) is 3.69. The van der Waals surface area contributed by atoms with Gasteiger partial charge >= 0.3 is 0 Å². The maximum absolute atomic E-state index is 4.02. The zero-order valence-corrected chi connectivity index (χ0v) is 7.23. The molecule has 0 aromatic carbocycles. The topological polar surface area (TPSA) is 34.0 Å². The SMILES string of the molecule is CC(Cn1cncn1)N(C)C. The summed E-state index contributed by atoms with van der Waals surface area (Å²) < 4.78 is 1.84. The minimum Gasteiger partial charge on any atom is -0.305 e. The van der Waals surface area contributed by atoms with Crippen LogP contribution in [-0.2, 0) is 6.54 Å². The Hall–Kier alpha value is -0.900. The highest BCUT2D eigenvalue weighted by Crippen LogP contribution is 1.94. The lowest BCUT2D eigenvalue weighted by Gasteiger charge is -2.18. The fourth-order valence-electron chi connectivity index (χ4n) is 0.761. The van der Waals surface area contributed by atoms with Gasteiger partial charge in [-0.2, -0.15) is 5.10 Å². The van der Waals surface area contributed by atoms with Crippen LogP contribution in [0.3, 0.4) is 0 Å². The molecule has 0 spiro atoms. The van der Waals surface area contributed by atoms with E-state index in [9.17, 15) is 0 Å². The molecule has 0 saturated heterocycles. The van der Waals surface area contributed by atoms with Gasteiger partial charge < -0.3 is 4.90 Å². The van der Waals surface area contributed by atoms with Gasteiger partial charge in [0.15, 0.2) is 0 Å². The Morgan fingerprint density at radius 2 is 2.27 bits per heavy atom. The van der Waals surface area contributed by atoms with Gasteiger partial charge in [0, 0.05) is 6.04 Å². The van der Waals surface area contributed by atoms with E-state index >= 15 is 0 Å². The summed E-state index contributed by atoms with van der Waals surface area (Å²) in [5, 5.41) is 4.02. The van der Waals surface area contributed by atoms with E-state index in [1.54, 1.807) is 12.7 Å². The van der Waals surface area contributed by atoms with Gasteiger partial charge in [-0.25, -0.2) is 4.98 Å². The molecule has 0 aliphatic rings. The van der Waals surface area contributed by atoms with Gasteiger partial charge in [0.25, 0.3) is 0 Å². The number of likely N-dealkylation sites (N-methyl/N-ethyl adjacent to an activating group) is 1. The normalized spacial score (nSPS) is 13.8. The molecule has 1 aromatic heterocycles. The Morgan fingerprint density at radius 3 is 2.73 bits per heavy atom. The lowest BCUT2D eigenvalue weighted by molar-refractivity contribution is 0.275. The molecule has 11 heavy (non-hydrogen) atoms. The smallest absolute Gasteiger partial charge is 0.137 e. The second kappa shape index (κ2) is 3.48. The van der Waals surface area contributed by atoms with E-state index < -0.39 is 0 Å². The summed E-state index contributed by atoms with van der Waals surface area (Å²) in [7, 11) is 4.11. The fraction of sp³-hybridized carbons (Fsp3) is 0.714. The van der Waals surface area contributed by atoms with Crippen molar-refractivity contribution in [3.63, 3.8) is 0 Å². The Labute approximate surface area is 66.8 Å². The number of hydrogen-bond acceptors (Lipinski definition) is 3. The van der Waals surface area contributed by atoms with E-state index in [1.807, 2.05) is 4.68 Å². The van der Waals surface area contributed by atoms with Crippen molar-refractivity contribution in [2.24, 2.45) is 0 Å². The van der Waals surface area contributed by atoms with E-state index in [0.29, 0.717) is 6.04 Å². The predicted molar refractivity (Wildman–Crippen MR) is 43.2 cm³/mol. The second-order valence-corrected chi connectivity index (χ2v) is 2.93. The average molecular weight is 154 g/mol. The zero-order valence-electron chi connectivity index (χ0n) is 7.23. The Bertz CT molecular complexity index is 192. The Kier molecular flexibility index (Phi) is 2.59. The van der Waals surface area contributed by atoms with Gasteiger partial charge in [-0.1, -0.05) is 0 Å². The molecule has 0 fully saturated rings.